The van der Waals surface area contributed by atoms with Crippen LogP contribution in [0, 0.1) is 5.92 Å². The molecule has 116 valence electrons. The molecule has 1 aliphatic heterocycles. The Kier molecular flexibility index (Phi) is 6.33. The van der Waals surface area contributed by atoms with Crippen LogP contribution >= 0.6 is 11.6 Å². The van der Waals surface area contributed by atoms with Crippen LogP contribution in [0.3, 0.4) is 0 Å². The van der Waals surface area contributed by atoms with Crippen molar-refractivity contribution >= 4 is 17.6 Å². The summed E-state index contributed by atoms with van der Waals surface area (Å²) in [5.74, 6) is 0.859. The summed E-state index contributed by atoms with van der Waals surface area (Å²) in [5.41, 5.74) is 0. The van der Waals surface area contributed by atoms with Gasteiger partial charge in [0.1, 0.15) is 18.9 Å². The number of piperidine rings is 1. The molecule has 0 radical (unpaired) electrons. The number of ether oxygens (including phenoxy) is 2. The van der Waals surface area contributed by atoms with Gasteiger partial charge in [0, 0.05) is 17.9 Å². The molecular formula is C16H23ClNO3+. The van der Waals surface area contributed by atoms with Gasteiger partial charge in [-0.3, -0.25) is 4.79 Å². The lowest BCUT2D eigenvalue weighted by Gasteiger charge is -2.28. The van der Waals surface area contributed by atoms with Gasteiger partial charge >= 0.3 is 5.97 Å². The minimum Gasteiger partial charge on any atom is -0.488 e. The normalized spacial score (nSPS) is 21.8. The fourth-order valence-electron chi connectivity index (χ4n) is 2.64. The number of esters is 1. The predicted octanol–water partition coefficient (Wildman–Crippen LogP) is 1.58. The fraction of sp³-hybridized carbons (Fsp3) is 0.562. The molecule has 0 aromatic heterocycles. The highest BCUT2D eigenvalue weighted by molar-refractivity contribution is 6.30. The van der Waals surface area contributed by atoms with Gasteiger partial charge in [-0.2, -0.15) is 0 Å². The molecule has 1 aromatic rings. The molecule has 0 unspecified atom stereocenters. The second kappa shape index (κ2) is 8.25. The Morgan fingerprint density at radius 2 is 2.14 bits per heavy atom. The van der Waals surface area contributed by atoms with E-state index < -0.39 is 0 Å². The number of carbonyl (C=O) groups excluding carboxylic acids is 1. The zero-order valence-corrected chi connectivity index (χ0v) is 13.2. The van der Waals surface area contributed by atoms with Crippen LogP contribution in [0.25, 0.3) is 0 Å². The van der Waals surface area contributed by atoms with E-state index in [1.807, 2.05) is 31.2 Å². The number of nitrogens with one attached hydrogen (secondary N) is 1. The van der Waals surface area contributed by atoms with E-state index in [0.717, 1.165) is 38.2 Å². The number of halogens is 1. The molecule has 1 saturated heterocycles. The van der Waals surface area contributed by atoms with Crippen molar-refractivity contribution < 1.29 is 19.2 Å². The lowest BCUT2D eigenvalue weighted by atomic mass is 9.97. The molecule has 0 spiro atoms. The van der Waals surface area contributed by atoms with Gasteiger partial charge in [-0.15, -0.1) is 0 Å². The Hall–Kier alpha value is -1.26. The lowest BCUT2D eigenvalue weighted by Crippen LogP contribution is -3.13. The van der Waals surface area contributed by atoms with Crippen molar-refractivity contribution in [3.8, 4) is 5.75 Å². The van der Waals surface area contributed by atoms with Gasteiger partial charge in [0.15, 0.2) is 0 Å². The van der Waals surface area contributed by atoms with Crippen LogP contribution in [0.1, 0.15) is 19.8 Å². The van der Waals surface area contributed by atoms with Crippen LogP contribution in [0.2, 0.25) is 5.02 Å². The highest BCUT2D eigenvalue weighted by Gasteiger charge is 2.28. The average Bonchev–Trinajstić information content (AvgIpc) is 2.48. The summed E-state index contributed by atoms with van der Waals surface area (Å²) in [5, 5.41) is 0.690. The predicted molar refractivity (Wildman–Crippen MR) is 81.9 cm³/mol. The van der Waals surface area contributed by atoms with Crippen LogP contribution in [0.4, 0.5) is 0 Å². The number of benzene rings is 1. The number of hydrogen-bond acceptors (Lipinski definition) is 3. The van der Waals surface area contributed by atoms with E-state index >= 15 is 0 Å². The van der Waals surface area contributed by atoms with Crippen LogP contribution < -0.4 is 9.64 Å². The van der Waals surface area contributed by atoms with Gasteiger partial charge in [0.2, 0.25) is 0 Å². The van der Waals surface area contributed by atoms with E-state index in [-0.39, 0.29) is 11.9 Å². The molecule has 21 heavy (non-hydrogen) atoms. The number of likely N-dealkylation sites (tertiary alicyclic amines) is 1. The average molecular weight is 313 g/mol. The molecule has 0 amide bonds. The zero-order chi connectivity index (χ0) is 15.1. The van der Waals surface area contributed by atoms with Gasteiger partial charge < -0.3 is 14.4 Å². The third-order valence-electron chi connectivity index (χ3n) is 3.83. The summed E-state index contributed by atoms with van der Waals surface area (Å²) in [4.78, 5) is 13.2. The van der Waals surface area contributed by atoms with Crippen molar-refractivity contribution in [1.82, 2.24) is 0 Å². The highest BCUT2D eigenvalue weighted by Crippen LogP contribution is 2.16. The fourth-order valence-corrected chi connectivity index (χ4v) is 2.82. The second-order valence-corrected chi connectivity index (χ2v) is 5.77. The summed E-state index contributed by atoms with van der Waals surface area (Å²) < 4.78 is 10.8. The molecule has 1 aliphatic rings. The van der Waals surface area contributed by atoms with Crippen molar-refractivity contribution in [1.29, 1.82) is 0 Å². The summed E-state index contributed by atoms with van der Waals surface area (Å²) in [6.45, 7) is 5.94. The van der Waals surface area contributed by atoms with Crippen molar-refractivity contribution in [3.05, 3.63) is 29.3 Å². The second-order valence-electron chi connectivity index (χ2n) is 5.33. The van der Waals surface area contributed by atoms with Gasteiger partial charge in [-0.1, -0.05) is 17.7 Å². The first-order valence-electron chi connectivity index (χ1n) is 7.57. The van der Waals surface area contributed by atoms with Crippen molar-refractivity contribution in [2.45, 2.75) is 19.8 Å². The monoisotopic (exact) mass is 312 g/mol. The maximum Gasteiger partial charge on any atom is 0.309 e. The largest absolute Gasteiger partial charge is 0.488 e. The Balaban J connectivity index is 1.66. The van der Waals surface area contributed by atoms with E-state index in [2.05, 4.69) is 0 Å². The summed E-state index contributed by atoms with van der Waals surface area (Å²) in [7, 11) is 0. The number of quaternary nitrogens is 1. The molecule has 0 atom stereocenters. The highest BCUT2D eigenvalue weighted by atomic mass is 35.5. The summed E-state index contributed by atoms with van der Waals surface area (Å²) in [6, 6.07) is 7.45. The summed E-state index contributed by atoms with van der Waals surface area (Å²) in [6.07, 6.45) is 1.82. The quantitative estimate of drug-likeness (QED) is 0.811. The minimum absolute atomic E-state index is 0.0354. The molecule has 0 saturated carbocycles. The van der Waals surface area contributed by atoms with Crippen molar-refractivity contribution in [2.24, 2.45) is 5.92 Å². The molecule has 2 rings (SSSR count). The Labute approximate surface area is 131 Å². The molecule has 0 bridgehead atoms. The topological polar surface area (TPSA) is 40.0 Å². The van der Waals surface area contributed by atoms with Crippen LogP contribution in [0.15, 0.2) is 24.3 Å². The first-order valence-corrected chi connectivity index (χ1v) is 7.95. The van der Waals surface area contributed by atoms with E-state index in [0.29, 0.717) is 18.2 Å². The molecule has 4 nitrogen and oxygen atoms in total. The SMILES string of the molecule is CCOC(=O)C1CC[NH+](CCOc2cccc(Cl)c2)CC1. The van der Waals surface area contributed by atoms with E-state index in [4.69, 9.17) is 21.1 Å². The van der Waals surface area contributed by atoms with E-state index in [9.17, 15) is 4.79 Å². The molecule has 1 N–H and O–H groups in total. The Bertz CT molecular complexity index is 459. The Morgan fingerprint density at radius 3 is 2.81 bits per heavy atom. The third-order valence-corrected chi connectivity index (χ3v) is 4.07. The van der Waals surface area contributed by atoms with Gasteiger partial charge in [0.05, 0.1) is 25.6 Å². The third kappa shape index (κ3) is 5.21. The van der Waals surface area contributed by atoms with Crippen molar-refractivity contribution in [2.75, 3.05) is 32.8 Å². The number of carbonyl (C=O) groups is 1. The lowest BCUT2D eigenvalue weighted by molar-refractivity contribution is -0.905. The first-order chi connectivity index (χ1) is 10.2. The standard InChI is InChI=1S/C16H22ClNO3/c1-2-20-16(19)13-6-8-18(9-7-13)10-11-21-15-5-3-4-14(17)12-15/h3-5,12-13H,2,6-11H2,1H3/p+1. The van der Waals surface area contributed by atoms with Crippen LogP contribution in [0.5, 0.6) is 5.75 Å². The number of hydrogen-bond donors (Lipinski definition) is 1. The molecule has 1 aromatic carbocycles. The maximum absolute atomic E-state index is 11.7. The molecule has 0 aliphatic carbocycles. The maximum atomic E-state index is 11.7. The molecule has 5 heteroatoms. The van der Waals surface area contributed by atoms with Crippen molar-refractivity contribution in [3.63, 3.8) is 0 Å². The van der Waals surface area contributed by atoms with Gasteiger partial charge in [0.25, 0.3) is 0 Å². The Morgan fingerprint density at radius 1 is 1.38 bits per heavy atom. The minimum atomic E-state index is -0.0354. The smallest absolute Gasteiger partial charge is 0.309 e. The zero-order valence-electron chi connectivity index (χ0n) is 12.4. The van der Waals surface area contributed by atoms with Gasteiger partial charge in [-0.05, 0) is 25.1 Å². The number of rotatable bonds is 6. The molecule has 1 heterocycles. The van der Waals surface area contributed by atoms with E-state index in [1.165, 1.54) is 4.90 Å². The van der Waals surface area contributed by atoms with E-state index in [1.54, 1.807) is 0 Å². The van der Waals surface area contributed by atoms with Crippen LogP contribution in [-0.4, -0.2) is 38.8 Å². The first kappa shape index (κ1) is 16.1. The molecule has 1 fully saturated rings. The van der Waals surface area contributed by atoms with Crippen LogP contribution in [-0.2, 0) is 9.53 Å². The van der Waals surface area contributed by atoms with Gasteiger partial charge in [-0.25, -0.2) is 0 Å². The molecular weight excluding hydrogens is 290 g/mol. The summed E-state index contributed by atoms with van der Waals surface area (Å²) >= 11 is 5.91.